The zero-order valence-electron chi connectivity index (χ0n) is 13.7. The third-order valence-electron chi connectivity index (χ3n) is 4.21. The zero-order valence-corrected chi connectivity index (χ0v) is 13.7. The van der Waals surface area contributed by atoms with E-state index in [1.807, 2.05) is 13.8 Å². The molecule has 2 N–H and O–H groups in total. The molecule has 0 saturated heterocycles. The van der Waals surface area contributed by atoms with E-state index < -0.39 is 11.4 Å². The van der Waals surface area contributed by atoms with E-state index >= 15 is 0 Å². The summed E-state index contributed by atoms with van der Waals surface area (Å²) >= 11 is 0. The van der Waals surface area contributed by atoms with Crippen molar-refractivity contribution in [3.05, 3.63) is 23.9 Å². The molecule has 1 aliphatic rings. The van der Waals surface area contributed by atoms with Crippen LogP contribution in [0, 0.1) is 5.41 Å². The van der Waals surface area contributed by atoms with Crippen LogP contribution in [0.2, 0.25) is 0 Å². The number of rotatable bonds is 6. The molecule has 1 fully saturated rings. The van der Waals surface area contributed by atoms with Crippen LogP contribution in [0.5, 0.6) is 5.88 Å². The van der Waals surface area contributed by atoms with Crippen molar-refractivity contribution in [3.8, 4) is 5.88 Å². The standard InChI is InChI=1S/C17H24N2O4/c1-12(2)23-14-7-6-13(10-18-14)15(20)19-11-17(16(21)22)8-4-3-5-9-17/h6-7,10,12H,3-5,8-9,11H2,1-2H3,(H,19,20)(H,21,22). The highest BCUT2D eigenvalue weighted by atomic mass is 16.5. The number of carboxylic acid groups (broad SMARTS) is 1. The lowest BCUT2D eigenvalue weighted by molar-refractivity contribution is -0.150. The maximum absolute atomic E-state index is 12.2. The molecule has 1 aromatic rings. The van der Waals surface area contributed by atoms with Gasteiger partial charge < -0.3 is 15.2 Å². The molecule has 1 aromatic heterocycles. The van der Waals surface area contributed by atoms with Gasteiger partial charge in [0.15, 0.2) is 0 Å². The largest absolute Gasteiger partial charge is 0.481 e. The summed E-state index contributed by atoms with van der Waals surface area (Å²) in [5.74, 6) is -0.665. The average molecular weight is 320 g/mol. The second-order valence-electron chi connectivity index (χ2n) is 6.38. The Morgan fingerprint density at radius 3 is 2.52 bits per heavy atom. The lowest BCUT2D eigenvalue weighted by Gasteiger charge is -2.33. The van der Waals surface area contributed by atoms with Crippen LogP contribution < -0.4 is 10.1 Å². The second-order valence-corrected chi connectivity index (χ2v) is 6.38. The topological polar surface area (TPSA) is 88.5 Å². The molecule has 23 heavy (non-hydrogen) atoms. The van der Waals surface area contributed by atoms with Gasteiger partial charge in [0, 0.05) is 18.8 Å². The fourth-order valence-corrected chi connectivity index (χ4v) is 2.87. The number of carbonyl (C=O) groups excluding carboxylic acids is 1. The van der Waals surface area contributed by atoms with E-state index in [0.29, 0.717) is 24.3 Å². The second kappa shape index (κ2) is 7.44. The quantitative estimate of drug-likeness (QED) is 0.841. The van der Waals surface area contributed by atoms with Crippen LogP contribution >= 0.6 is 0 Å². The van der Waals surface area contributed by atoms with Crippen LogP contribution in [0.1, 0.15) is 56.3 Å². The number of amides is 1. The minimum Gasteiger partial charge on any atom is -0.481 e. The van der Waals surface area contributed by atoms with Crippen molar-refractivity contribution in [1.82, 2.24) is 10.3 Å². The highest BCUT2D eigenvalue weighted by Crippen LogP contribution is 2.36. The minimum absolute atomic E-state index is 0.0175. The number of pyridine rings is 1. The number of aromatic nitrogens is 1. The van der Waals surface area contributed by atoms with E-state index in [4.69, 9.17) is 4.74 Å². The van der Waals surface area contributed by atoms with Gasteiger partial charge in [0.1, 0.15) is 0 Å². The van der Waals surface area contributed by atoms with Crippen molar-refractivity contribution in [3.63, 3.8) is 0 Å². The van der Waals surface area contributed by atoms with Crippen molar-refractivity contribution < 1.29 is 19.4 Å². The normalized spacial score (nSPS) is 16.8. The number of nitrogens with zero attached hydrogens (tertiary/aromatic N) is 1. The minimum atomic E-state index is -0.831. The first-order chi connectivity index (χ1) is 10.9. The van der Waals surface area contributed by atoms with Crippen molar-refractivity contribution in [1.29, 1.82) is 0 Å². The van der Waals surface area contributed by atoms with E-state index in [2.05, 4.69) is 10.3 Å². The number of ether oxygens (including phenoxy) is 1. The van der Waals surface area contributed by atoms with Crippen molar-refractivity contribution in [2.24, 2.45) is 5.41 Å². The van der Waals surface area contributed by atoms with Gasteiger partial charge >= 0.3 is 5.97 Å². The fraction of sp³-hybridized carbons (Fsp3) is 0.588. The molecule has 1 saturated carbocycles. The number of carboxylic acids is 1. The molecule has 2 rings (SSSR count). The molecule has 0 bridgehead atoms. The number of hydrogen-bond donors (Lipinski definition) is 2. The molecule has 0 atom stereocenters. The van der Waals surface area contributed by atoms with Gasteiger partial charge in [-0.2, -0.15) is 0 Å². The Hall–Kier alpha value is -2.11. The van der Waals surface area contributed by atoms with Gasteiger partial charge in [0.05, 0.1) is 17.1 Å². The van der Waals surface area contributed by atoms with Crippen LogP contribution in [0.3, 0.4) is 0 Å². The SMILES string of the molecule is CC(C)Oc1ccc(C(=O)NCC2(C(=O)O)CCCCC2)cn1. The molecule has 0 unspecified atom stereocenters. The molecule has 6 nitrogen and oxygen atoms in total. The van der Waals surface area contributed by atoms with Gasteiger partial charge in [0.25, 0.3) is 5.91 Å². The van der Waals surface area contributed by atoms with Gasteiger partial charge in [0.2, 0.25) is 5.88 Å². The van der Waals surface area contributed by atoms with E-state index in [0.717, 1.165) is 19.3 Å². The lowest BCUT2D eigenvalue weighted by Crippen LogP contribution is -2.44. The Morgan fingerprint density at radius 2 is 2.00 bits per heavy atom. The summed E-state index contributed by atoms with van der Waals surface area (Å²) in [6.45, 7) is 3.96. The van der Waals surface area contributed by atoms with E-state index in [9.17, 15) is 14.7 Å². The van der Waals surface area contributed by atoms with Crippen LogP contribution in [0.25, 0.3) is 0 Å². The lowest BCUT2D eigenvalue weighted by atomic mass is 9.74. The fourth-order valence-electron chi connectivity index (χ4n) is 2.87. The van der Waals surface area contributed by atoms with E-state index in [-0.39, 0.29) is 18.6 Å². The Bertz CT molecular complexity index is 548. The monoisotopic (exact) mass is 320 g/mol. The zero-order chi connectivity index (χ0) is 16.9. The summed E-state index contributed by atoms with van der Waals surface area (Å²) in [6, 6.07) is 3.27. The Kier molecular flexibility index (Phi) is 5.58. The third-order valence-corrected chi connectivity index (χ3v) is 4.21. The molecular weight excluding hydrogens is 296 g/mol. The molecule has 0 radical (unpaired) electrons. The Labute approximate surface area is 136 Å². The molecule has 1 aliphatic carbocycles. The highest BCUT2D eigenvalue weighted by Gasteiger charge is 2.39. The van der Waals surface area contributed by atoms with Gasteiger partial charge in [-0.05, 0) is 32.8 Å². The van der Waals surface area contributed by atoms with Crippen LogP contribution in [0.4, 0.5) is 0 Å². The van der Waals surface area contributed by atoms with Gasteiger partial charge in [-0.15, -0.1) is 0 Å². The van der Waals surface area contributed by atoms with Crippen LogP contribution in [-0.2, 0) is 4.79 Å². The smallest absolute Gasteiger partial charge is 0.311 e. The number of aliphatic carboxylic acids is 1. The summed E-state index contributed by atoms with van der Waals surface area (Å²) in [5, 5.41) is 12.3. The van der Waals surface area contributed by atoms with Gasteiger partial charge in [-0.1, -0.05) is 19.3 Å². The molecular formula is C17H24N2O4. The number of hydrogen-bond acceptors (Lipinski definition) is 4. The summed E-state index contributed by atoms with van der Waals surface area (Å²) in [5.41, 5.74) is -0.431. The van der Waals surface area contributed by atoms with E-state index in [1.165, 1.54) is 6.20 Å². The molecule has 0 aromatic carbocycles. The molecule has 0 aliphatic heterocycles. The Balaban J connectivity index is 1.97. The maximum atomic E-state index is 12.2. The Morgan fingerprint density at radius 1 is 1.30 bits per heavy atom. The number of carbonyl (C=O) groups is 2. The maximum Gasteiger partial charge on any atom is 0.311 e. The first-order valence-electron chi connectivity index (χ1n) is 8.07. The highest BCUT2D eigenvalue weighted by molar-refractivity contribution is 5.94. The van der Waals surface area contributed by atoms with Crippen molar-refractivity contribution in [2.45, 2.75) is 52.1 Å². The van der Waals surface area contributed by atoms with Gasteiger partial charge in [-0.3, -0.25) is 9.59 Å². The molecule has 1 heterocycles. The summed E-state index contributed by atoms with van der Waals surface area (Å²) < 4.78 is 5.43. The predicted molar refractivity (Wildman–Crippen MR) is 85.5 cm³/mol. The molecule has 0 spiro atoms. The summed E-state index contributed by atoms with van der Waals surface area (Å²) in [4.78, 5) is 27.9. The molecule has 1 amide bonds. The third kappa shape index (κ3) is 4.43. The first-order valence-corrected chi connectivity index (χ1v) is 8.07. The molecule has 126 valence electrons. The summed E-state index contributed by atoms with van der Waals surface area (Å²) in [6.07, 6.45) is 5.54. The summed E-state index contributed by atoms with van der Waals surface area (Å²) in [7, 11) is 0. The van der Waals surface area contributed by atoms with E-state index in [1.54, 1.807) is 12.1 Å². The van der Waals surface area contributed by atoms with Crippen molar-refractivity contribution in [2.75, 3.05) is 6.54 Å². The predicted octanol–water partition coefficient (Wildman–Crippen LogP) is 2.63. The average Bonchev–Trinajstić information content (AvgIpc) is 2.53. The molecule has 6 heteroatoms. The van der Waals surface area contributed by atoms with Crippen molar-refractivity contribution >= 4 is 11.9 Å². The van der Waals surface area contributed by atoms with Crippen LogP contribution in [0.15, 0.2) is 18.3 Å². The van der Waals surface area contributed by atoms with Crippen LogP contribution in [-0.4, -0.2) is 34.6 Å². The van der Waals surface area contributed by atoms with Gasteiger partial charge in [-0.25, -0.2) is 4.98 Å². The number of nitrogens with one attached hydrogen (secondary N) is 1. The first kappa shape index (κ1) is 17.2.